The van der Waals surface area contributed by atoms with E-state index in [1.807, 2.05) is 43.3 Å². The van der Waals surface area contributed by atoms with E-state index < -0.39 is 0 Å². The molecule has 0 spiro atoms. The molecule has 2 N–H and O–H groups in total. The number of aryl methyl sites for hydroxylation is 1. The SMILES string of the molecule is Cc1cccc(NC(=O)CNCc2ccco2)c1. The zero-order valence-electron chi connectivity index (χ0n) is 10.3. The Balaban J connectivity index is 1.75. The summed E-state index contributed by atoms with van der Waals surface area (Å²) >= 11 is 0. The summed E-state index contributed by atoms with van der Waals surface area (Å²) in [7, 11) is 0. The molecule has 4 heteroatoms. The number of anilines is 1. The smallest absolute Gasteiger partial charge is 0.238 e. The van der Waals surface area contributed by atoms with Crippen molar-refractivity contribution in [1.82, 2.24) is 5.32 Å². The fourth-order valence-electron chi connectivity index (χ4n) is 1.64. The molecule has 2 aromatic rings. The largest absolute Gasteiger partial charge is 0.468 e. The fraction of sp³-hybridized carbons (Fsp3) is 0.214. The van der Waals surface area contributed by atoms with Gasteiger partial charge in [0.2, 0.25) is 5.91 Å². The number of amides is 1. The highest BCUT2D eigenvalue weighted by molar-refractivity contribution is 5.92. The van der Waals surface area contributed by atoms with Gasteiger partial charge in [0.05, 0.1) is 19.4 Å². The van der Waals surface area contributed by atoms with E-state index in [0.717, 1.165) is 17.0 Å². The van der Waals surface area contributed by atoms with Crippen LogP contribution in [0.15, 0.2) is 47.1 Å². The molecule has 1 heterocycles. The second-order valence-electron chi connectivity index (χ2n) is 4.10. The van der Waals surface area contributed by atoms with Gasteiger partial charge in [0, 0.05) is 5.69 Å². The Labute approximate surface area is 106 Å². The maximum Gasteiger partial charge on any atom is 0.238 e. The van der Waals surface area contributed by atoms with Crippen molar-refractivity contribution >= 4 is 11.6 Å². The molecule has 0 radical (unpaired) electrons. The van der Waals surface area contributed by atoms with Crippen LogP contribution in [0.2, 0.25) is 0 Å². The molecular formula is C14H16N2O2. The molecule has 18 heavy (non-hydrogen) atoms. The average Bonchev–Trinajstić information content (AvgIpc) is 2.82. The number of furan rings is 1. The predicted octanol–water partition coefficient (Wildman–Crippen LogP) is 2.32. The first-order valence-corrected chi connectivity index (χ1v) is 5.83. The van der Waals surface area contributed by atoms with Gasteiger partial charge in [-0.05, 0) is 36.8 Å². The number of carbonyl (C=O) groups excluding carboxylic acids is 1. The van der Waals surface area contributed by atoms with E-state index in [-0.39, 0.29) is 12.5 Å². The average molecular weight is 244 g/mol. The van der Waals surface area contributed by atoms with E-state index in [0.29, 0.717) is 6.54 Å². The third-order valence-corrected chi connectivity index (χ3v) is 2.47. The number of rotatable bonds is 5. The molecule has 1 amide bonds. The van der Waals surface area contributed by atoms with Gasteiger partial charge in [-0.25, -0.2) is 0 Å². The highest BCUT2D eigenvalue weighted by Gasteiger charge is 2.02. The van der Waals surface area contributed by atoms with Crippen LogP contribution >= 0.6 is 0 Å². The van der Waals surface area contributed by atoms with Gasteiger partial charge in [0.1, 0.15) is 5.76 Å². The van der Waals surface area contributed by atoms with Crippen LogP contribution in [-0.2, 0) is 11.3 Å². The van der Waals surface area contributed by atoms with E-state index in [1.54, 1.807) is 6.26 Å². The van der Waals surface area contributed by atoms with Crippen LogP contribution in [0.25, 0.3) is 0 Å². The molecule has 0 atom stereocenters. The van der Waals surface area contributed by atoms with Gasteiger partial charge < -0.3 is 15.1 Å². The summed E-state index contributed by atoms with van der Waals surface area (Å²) in [5, 5.41) is 5.85. The van der Waals surface area contributed by atoms with Crippen molar-refractivity contribution in [2.24, 2.45) is 0 Å². The van der Waals surface area contributed by atoms with Crippen molar-refractivity contribution in [3.8, 4) is 0 Å². The first-order valence-electron chi connectivity index (χ1n) is 5.83. The van der Waals surface area contributed by atoms with Gasteiger partial charge in [0.15, 0.2) is 0 Å². The first-order chi connectivity index (χ1) is 8.74. The molecule has 0 aliphatic carbocycles. The highest BCUT2D eigenvalue weighted by Crippen LogP contribution is 2.08. The first kappa shape index (κ1) is 12.4. The predicted molar refractivity (Wildman–Crippen MR) is 70.2 cm³/mol. The van der Waals surface area contributed by atoms with Crippen LogP contribution in [0.5, 0.6) is 0 Å². The fourth-order valence-corrected chi connectivity index (χ4v) is 1.64. The van der Waals surface area contributed by atoms with Crippen LogP contribution < -0.4 is 10.6 Å². The number of hydrogen-bond donors (Lipinski definition) is 2. The summed E-state index contributed by atoms with van der Waals surface area (Å²) < 4.78 is 5.16. The molecule has 1 aromatic carbocycles. The topological polar surface area (TPSA) is 54.3 Å². The van der Waals surface area contributed by atoms with Crippen LogP contribution in [0.1, 0.15) is 11.3 Å². The third kappa shape index (κ3) is 3.75. The summed E-state index contributed by atoms with van der Waals surface area (Å²) in [5.74, 6) is 0.755. The zero-order chi connectivity index (χ0) is 12.8. The number of hydrogen-bond acceptors (Lipinski definition) is 3. The van der Waals surface area contributed by atoms with Gasteiger partial charge >= 0.3 is 0 Å². The molecule has 1 aromatic heterocycles. The summed E-state index contributed by atoms with van der Waals surface area (Å²) in [6.07, 6.45) is 1.61. The molecule has 0 bridgehead atoms. The lowest BCUT2D eigenvalue weighted by molar-refractivity contribution is -0.115. The molecule has 0 fully saturated rings. The van der Waals surface area contributed by atoms with Gasteiger partial charge in [-0.15, -0.1) is 0 Å². The van der Waals surface area contributed by atoms with Gasteiger partial charge in [0.25, 0.3) is 0 Å². The molecule has 0 aliphatic rings. The Morgan fingerprint density at radius 1 is 1.28 bits per heavy atom. The second-order valence-corrected chi connectivity index (χ2v) is 4.10. The Morgan fingerprint density at radius 3 is 2.89 bits per heavy atom. The zero-order valence-corrected chi connectivity index (χ0v) is 10.3. The third-order valence-electron chi connectivity index (χ3n) is 2.47. The van der Waals surface area contributed by atoms with E-state index in [2.05, 4.69) is 10.6 Å². The van der Waals surface area contributed by atoms with Gasteiger partial charge in [-0.2, -0.15) is 0 Å². The van der Waals surface area contributed by atoms with Crippen LogP contribution in [0.3, 0.4) is 0 Å². The lowest BCUT2D eigenvalue weighted by Gasteiger charge is -2.06. The van der Waals surface area contributed by atoms with E-state index in [1.165, 1.54) is 0 Å². The Morgan fingerprint density at radius 2 is 2.17 bits per heavy atom. The minimum absolute atomic E-state index is 0.0628. The Kier molecular flexibility index (Phi) is 4.15. The molecule has 2 rings (SSSR count). The van der Waals surface area contributed by atoms with E-state index in [9.17, 15) is 4.79 Å². The summed E-state index contributed by atoms with van der Waals surface area (Å²) in [6, 6.07) is 11.4. The van der Waals surface area contributed by atoms with Crippen molar-refractivity contribution in [2.75, 3.05) is 11.9 Å². The molecule has 0 unspecified atom stereocenters. The number of benzene rings is 1. The molecule has 4 nitrogen and oxygen atoms in total. The number of nitrogens with one attached hydrogen (secondary N) is 2. The van der Waals surface area contributed by atoms with Gasteiger partial charge in [-0.3, -0.25) is 4.79 Å². The lowest BCUT2D eigenvalue weighted by atomic mass is 10.2. The van der Waals surface area contributed by atoms with Crippen molar-refractivity contribution in [2.45, 2.75) is 13.5 Å². The minimum atomic E-state index is -0.0628. The Hall–Kier alpha value is -2.07. The lowest BCUT2D eigenvalue weighted by Crippen LogP contribution is -2.27. The molecule has 94 valence electrons. The minimum Gasteiger partial charge on any atom is -0.468 e. The highest BCUT2D eigenvalue weighted by atomic mass is 16.3. The van der Waals surface area contributed by atoms with Crippen molar-refractivity contribution in [3.63, 3.8) is 0 Å². The summed E-state index contributed by atoms with van der Waals surface area (Å²) in [6.45, 7) is 2.80. The van der Waals surface area contributed by atoms with Crippen LogP contribution in [0, 0.1) is 6.92 Å². The van der Waals surface area contributed by atoms with E-state index >= 15 is 0 Å². The summed E-state index contributed by atoms with van der Waals surface area (Å²) in [5.41, 5.74) is 1.94. The maximum atomic E-state index is 11.6. The van der Waals surface area contributed by atoms with E-state index in [4.69, 9.17) is 4.42 Å². The molecule has 0 saturated heterocycles. The molecular weight excluding hydrogens is 228 g/mol. The normalized spacial score (nSPS) is 10.3. The maximum absolute atomic E-state index is 11.6. The van der Waals surface area contributed by atoms with Crippen LogP contribution in [-0.4, -0.2) is 12.5 Å². The monoisotopic (exact) mass is 244 g/mol. The van der Waals surface area contributed by atoms with Crippen molar-refractivity contribution in [3.05, 3.63) is 54.0 Å². The Bertz CT molecular complexity index is 506. The second kappa shape index (κ2) is 6.02. The number of carbonyl (C=O) groups is 1. The van der Waals surface area contributed by atoms with Crippen molar-refractivity contribution in [1.29, 1.82) is 0 Å². The van der Waals surface area contributed by atoms with Crippen LogP contribution in [0.4, 0.5) is 5.69 Å². The quantitative estimate of drug-likeness (QED) is 0.848. The molecule has 0 aliphatic heterocycles. The van der Waals surface area contributed by atoms with Gasteiger partial charge in [-0.1, -0.05) is 12.1 Å². The summed E-state index contributed by atoms with van der Waals surface area (Å²) in [4.78, 5) is 11.6. The standard InChI is InChI=1S/C14H16N2O2/c1-11-4-2-5-12(8-11)16-14(17)10-15-9-13-6-3-7-18-13/h2-8,15H,9-10H2,1H3,(H,16,17). The van der Waals surface area contributed by atoms with Crippen molar-refractivity contribution < 1.29 is 9.21 Å². The molecule has 0 saturated carbocycles.